The van der Waals surface area contributed by atoms with Crippen LogP contribution in [0.25, 0.3) is 11.0 Å². The molecule has 0 fully saturated rings. The molecule has 20 heavy (non-hydrogen) atoms. The van der Waals surface area contributed by atoms with E-state index in [1.54, 1.807) is 0 Å². The number of fused-ring (bicyclic) bond motifs is 1. The summed E-state index contributed by atoms with van der Waals surface area (Å²) in [4.78, 5) is 16.7. The Balaban J connectivity index is 2.06. The summed E-state index contributed by atoms with van der Waals surface area (Å²) in [6.45, 7) is 0. The summed E-state index contributed by atoms with van der Waals surface area (Å²) in [6.07, 6.45) is 0. The summed E-state index contributed by atoms with van der Waals surface area (Å²) in [5.74, 6) is 0. The monoisotopic (exact) mass is 351 g/mol. The Labute approximate surface area is 128 Å². The van der Waals surface area contributed by atoms with Gasteiger partial charge in [0.05, 0.1) is 17.1 Å². The van der Waals surface area contributed by atoms with Gasteiger partial charge in [-0.2, -0.15) is 0 Å². The van der Waals surface area contributed by atoms with Crippen LogP contribution in [0.1, 0.15) is 17.2 Å². The molecular weight excluding hydrogens is 342 g/mol. The first-order chi connectivity index (χ1) is 9.54. The van der Waals surface area contributed by atoms with Crippen molar-refractivity contribution in [2.45, 2.75) is 6.04 Å². The minimum absolute atomic E-state index is 0.229. The maximum absolute atomic E-state index is 11.3. The zero-order chi connectivity index (χ0) is 14.3. The molecular formula is C14H11BrClN3O. The maximum Gasteiger partial charge on any atom is 0.323 e. The molecule has 1 atom stereocenters. The van der Waals surface area contributed by atoms with Crippen LogP contribution < -0.4 is 11.4 Å². The molecule has 0 radical (unpaired) electrons. The molecule has 4 nitrogen and oxygen atoms in total. The SMILES string of the molecule is NC(c1ccc2[nH]c(=O)[nH]c2c1)c1ccc(Br)cc1Cl. The first-order valence-electron chi connectivity index (χ1n) is 5.97. The predicted molar refractivity (Wildman–Crippen MR) is 84.1 cm³/mol. The highest BCUT2D eigenvalue weighted by molar-refractivity contribution is 9.10. The molecule has 3 rings (SSSR count). The second-order valence-corrected chi connectivity index (χ2v) is 5.85. The first kappa shape index (κ1) is 13.4. The number of rotatable bonds is 2. The number of halogens is 2. The number of nitrogens with one attached hydrogen (secondary N) is 2. The molecule has 102 valence electrons. The molecule has 0 spiro atoms. The van der Waals surface area contributed by atoms with E-state index >= 15 is 0 Å². The van der Waals surface area contributed by atoms with Crippen molar-refractivity contribution in [3.05, 3.63) is 67.5 Å². The average Bonchev–Trinajstić information content (AvgIpc) is 2.77. The van der Waals surface area contributed by atoms with E-state index in [1.807, 2.05) is 36.4 Å². The number of hydrogen-bond donors (Lipinski definition) is 3. The van der Waals surface area contributed by atoms with Crippen molar-refractivity contribution in [1.29, 1.82) is 0 Å². The summed E-state index contributed by atoms with van der Waals surface area (Å²) >= 11 is 9.59. The lowest BCUT2D eigenvalue weighted by molar-refractivity contribution is 0.873. The van der Waals surface area contributed by atoms with Gasteiger partial charge in [-0.15, -0.1) is 0 Å². The minimum atomic E-state index is -0.349. The minimum Gasteiger partial charge on any atom is -0.320 e. The highest BCUT2D eigenvalue weighted by atomic mass is 79.9. The lowest BCUT2D eigenvalue weighted by atomic mass is 9.99. The third-order valence-corrected chi connectivity index (χ3v) is 4.02. The third kappa shape index (κ3) is 2.40. The second kappa shape index (κ2) is 5.09. The average molecular weight is 353 g/mol. The van der Waals surface area contributed by atoms with E-state index < -0.39 is 0 Å². The van der Waals surface area contributed by atoms with Gasteiger partial charge < -0.3 is 15.7 Å². The largest absolute Gasteiger partial charge is 0.323 e. The first-order valence-corrected chi connectivity index (χ1v) is 7.14. The van der Waals surface area contributed by atoms with Gasteiger partial charge in [-0.3, -0.25) is 0 Å². The molecule has 1 unspecified atom stereocenters. The molecule has 1 heterocycles. The van der Waals surface area contributed by atoms with Crippen LogP contribution in [0.15, 0.2) is 45.7 Å². The van der Waals surface area contributed by atoms with Gasteiger partial charge in [-0.25, -0.2) is 4.79 Å². The molecule has 0 aliphatic heterocycles. The molecule has 0 saturated heterocycles. The van der Waals surface area contributed by atoms with Crippen molar-refractivity contribution >= 4 is 38.6 Å². The van der Waals surface area contributed by atoms with Crippen molar-refractivity contribution in [2.24, 2.45) is 5.73 Å². The molecule has 0 aliphatic carbocycles. The Bertz CT molecular complexity index is 840. The van der Waals surface area contributed by atoms with Crippen LogP contribution in [0.4, 0.5) is 0 Å². The van der Waals surface area contributed by atoms with Crippen molar-refractivity contribution in [2.75, 3.05) is 0 Å². The number of hydrogen-bond acceptors (Lipinski definition) is 2. The smallest absolute Gasteiger partial charge is 0.320 e. The van der Waals surface area contributed by atoms with Crippen molar-refractivity contribution in [3.8, 4) is 0 Å². The van der Waals surface area contributed by atoms with Gasteiger partial charge in [0.2, 0.25) is 0 Å². The lowest BCUT2D eigenvalue weighted by Gasteiger charge is -2.14. The number of benzene rings is 2. The van der Waals surface area contributed by atoms with Crippen LogP contribution >= 0.6 is 27.5 Å². The number of aromatic nitrogens is 2. The van der Waals surface area contributed by atoms with E-state index in [2.05, 4.69) is 25.9 Å². The fraction of sp³-hybridized carbons (Fsp3) is 0.0714. The quantitative estimate of drug-likeness (QED) is 0.662. The Kier molecular flexibility index (Phi) is 3.41. The molecule has 0 bridgehead atoms. The van der Waals surface area contributed by atoms with E-state index in [0.29, 0.717) is 5.02 Å². The normalized spacial score (nSPS) is 12.8. The second-order valence-electron chi connectivity index (χ2n) is 4.53. The number of H-pyrrole nitrogens is 2. The predicted octanol–water partition coefficient (Wildman–Crippen LogP) is 3.32. The van der Waals surface area contributed by atoms with Crippen LogP contribution in [-0.4, -0.2) is 9.97 Å². The van der Waals surface area contributed by atoms with E-state index in [1.165, 1.54) is 0 Å². The van der Waals surface area contributed by atoms with Gasteiger partial charge in [-0.1, -0.05) is 39.7 Å². The molecule has 2 aromatic carbocycles. The van der Waals surface area contributed by atoms with Gasteiger partial charge in [0.25, 0.3) is 0 Å². The summed E-state index contributed by atoms with van der Waals surface area (Å²) in [6, 6.07) is 10.8. The van der Waals surface area contributed by atoms with Crippen LogP contribution in [0.3, 0.4) is 0 Å². The van der Waals surface area contributed by atoms with Gasteiger partial charge >= 0.3 is 5.69 Å². The van der Waals surface area contributed by atoms with Crippen molar-refractivity contribution in [1.82, 2.24) is 9.97 Å². The Morgan fingerprint density at radius 1 is 1.10 bits per heavy atom. The molecule has 4 N–H and O–H groups in total. The molecule has 3 aromatic rings. The summed E-state index contributed by atoms with van der Waals surface area (Å²) in [5, 5.41) is 0.606. The summed E-state index contributed by atoms with van der Waals surface area (Å²) in [7, 11) is 0. The lowest BCUT2D eigenvalue weighted by Crippen LogP contribution is -2.12. The van der Waals surface area contributed by atoms with Crippen molar-refractivity contribution in [3.63, 3.8) is 0 Å². The van der Waals surface area contributed by atoms with Gasteiger partial charge in [0, 0.05) is 9.50 Å². The number of aromatic amines is 2. The van der Waals surface area contributed by atoms with Crippen molar-refractivity contribution < 1.29 is 0 Å². The van der Waals surface area contributed by atoms with Crippen LogP contribution in [0.5, 0.6) is 0 Å². The van der Waals surface area contributed by atoms with E-state index in [0.717, 1.165) is 26.6 Å². The molecule has 1 aromatic heterocycles. The van der Waals surface area contributed by atoms with Gasteiger partial charge in [-0.05, 0) is 35.4 Å². The van der Waals surface area contributed by atoms with E-state index in [9.17, 15) is 4.79 Å². The highest BCUT2D eigenvalue weighted by Gasteiger charge is 2.13. The zero-order valence-electron chi connectivity index (χ0n) is 10.3. The molecule has 0 saturated carbocycles. The highest BCUT2D eigenvalue weighted by Crippen LogP contribution is 2.29. The van der Waals surface area contributed by atoms with E-state index in [4.69, 9.17) is 17.3 Å². The van der Waals surface area contributed by atoms with E-state index in [-0.39, 0.29) is 11.7 Å². The maximum atomic E-state index is 11.3. The van der Waals surface area contributed by atoms with Crippen LogP contribution in [-0.2, 0) is 0 Å². The molecule has 6 heteroatoms. The number of nitrogens with two attached hydrogens (primary N) is 1. The molecule has 0 aliphatic rings. The molecule has 0 amide bonds. The van der Waals surface area contributed by atoms with Crippen LogP contribution in [0, 0.1) is 0 Å². The summed E-state index contributed by atoms with van der Waals surface area (Å²) < 4.78 is 0.906. The topological polar surface area (TPSA) is 74.7 Å². The Morgan fingerprint density at radius 3 is 2.60 bits per heavy atom. The Morgan fingerprint density at radius 2 is 1.85 bits per heavy atom. The zero-order valence-corrected chi connectivity index (χ0v) is 12.6. The Hall–Kier alpha value is -1.56. The fourth-order valence-electron chi connectivity index (χ4n) is 2.18. The standard InChI is InChI=1S/C14H11BrClN3O/c15-8-2-3-9(10(16)6-8)13(17)7-1-4-11-12(5-7)19-14(20)18-11/h1-6,13H,17H2,(H2,18,19,20). The third-order valence-electron chi connectivity index (χ3n) is 3.20. The van der Waals surface area contributed by atoms with Gasteiger partial charge in [0.15, 0.2) is 0 Å². The fourth-order valence-corrected chi connectivity index (χ4v) is 2.97. The van der Waals surface area contributed by atoms with Gasteiger partial charge in [0.1, 0.15) is 0 Å². The number of imidazole rings is 1. The summed E-state index contributed by atoms with van der Waals surface area (Å²) in [5.41, 5.74) is 9.25. The van der Waals surface area contributed by atoms with Crippen LogP contribution in [0.2, 0.25) is 5.02 Å².